The molecular weight excluding hydrogens is 443 g/mol. The molecule has 22 heavy (non-hydrogen) atoms. The van der Waals surface area contributed by atoms with E-state index in [0.717, 1.165) is 3.91 Å². The first-order valence-electron chi connectivity index (χ1n) is 8.41. The molecule has 0 saturated heterocycles. The van der Waals surface area contributed by atoms with Gasteiger partial charge in [0.1, 0.15) is 0 Å². The Labute approximate surface area is 157 Å². The van der Waals surface area contributed by atoms with Crippen LogP contribution in [0.1, 0.15) is 0 Å². The highest BCUT2D eigenvalue weighted by Gasteiger charge is 2.63. The minimum absolute atomic E-state index is 0.732. The van der Waals surface area contributed by atoms with Crippen molar-refractivity contribution < 1.29 is 0 Å². The molecule has 1 unspecified atom stereocenters. The molecule has 0 aliphatic rings. The summed E-state index contributed by atoms with van der Waals surface area (Å²) in [6.45, 7) is 24.1. The molecule has 0 heterocycles. The van der Waals surface area contributed by atoms with Crippen LogP contribution in [-0.2, 0) is 0 Å². The van der Waals surface area contributed by atoms with Crippen molar-refractivity contribution in [2.45, 2.75) is 62.8 Å². The summed E-state index contributed by atoms with van der Waals surface area (Å²) in [5.74, 6) is 0. The first-order valence-corrected chi connectivity index (χ1v) is 22.4. The molecule has 0 N–H and O–H groups in total. The van der Waals surface area contributed by atoms with E-state index in [1.165, 1.54) is 4.05 Å². The quantitative estimate of drug-likeness (QED) is 0.289. The van der Waals surface area contributed by atoms with Crippen LogP contribution in [-0.4, -0.2) is 37.1 Å². The minimum Gasteiger partial charge on any atom is -0.0897 e. The van der Waals surface area contributed by atoms with Gasteiger partial charge < -0.3 is 0 Å². The predicted octanol–water partition coefficient (Wildman–Crippen LogP) is 5.47. The molecule has 0 amide bonds. The van der Waals surface area contributed by atoms with E-state index >= 15 is 0 Å². The zero-order chi connectivity index (χ0) is 17.4. The Kier molecular flexibility index (Phi) is 6.61. The smallest absolute Gasteiger partial charge is 0.0791 e. The summed E-state index contributed by atoms with van der Waals surface area (Å²) in [6.07, 6.45) is 0. The van der Waals surface area contributed by atoms with Gasteiger partial charge in [0.25, 0.3) is 0 Å². The summed E-state index contributed by atoms with van der Waals surface area (Å²) in [7, 11) is -4.91. The summed E-state index contributed by atoms with van der Waals surface area (Å²) in [5.41, 5.74) is 0. The second-order valence-electron chi connectivity index (χ2n) is 9.68. The third kappa shape index (κ3) is 3.58. The van der Waals surface area contributed by atoms with Crippen molar-refractivity contribution in [1.82, 2.24) is 0 Å². The van der Waals surface area contributed by atoms with Gasteiger partial charge in [-0.25, -0.2) is 0 Å². The van der Waals surface area contributed by atoms with Crippen molar-refractivity contribution in [2.75, 3.05) is 4.05 Å². The Bertz CT molecular complexity index is 444. The van der Waals surface area contributed by atoms with Crippen molar-refractivity contribution in [2.24, 2.45) is 0 Å². The Morgan fingerprint density at radius 3 is 1.41 bits per heavy atom. The molecule has 0 aliphatic carbocycles. The Balaban J connectivity index is 3.76. The summed E-state index contributed by atoms with van der Waals surface area (Å²) in [6, 6.07) is 11.6. The molecule has 0 aromatic heterocycles. The molecule has 126 valence electrons. The van der Waals surface area contributed by atoms with Crippen molar-refractivity contribution in [3.05, 3.63) is 30.3 Å². The van der Waals surface area contributed by atoms with Crippen LogP contribution in [0.4, 0.5) is 0 Å². The molecule has 1 atom stereocenters. The summed E-state index contributed by atoms with van der Waals surface area (Å²) >= 11 is 2.73. The Hall–Kier alpha value is 0.818. The number of halogens is 1. The number of hydrogen-bond donors (Lipinski definition) is 0. The summed E-state index contributed by atoms with van der Waals surface area (Å²) in [4.78, 5) is 0. The molecular formula is C17H35ISi4. The molecule has 1 aromatic rings. The van der Waals surface area contributed by atoms with Gasteiger partial charge in [-0.05, 0) is 7.96 Å². The van der Waals surface area contributed by atoms with E-state index in [1.807, 2.05) is 0 Å². The molecule has 0 radical (unpaired) electrons. The minimum atomic E-state index is -1.29. The fourth-order valence-corrected chi connectivity index (χ4v) is 56.9. The zero-order valence-corrected chi connectivity index (χ0v) is 22.4. The summed E-state index contributed by atoms with van der Waals surface area (Å²) in [5, 5.41) is 1.73. The number of alkyl halides is 1. The van der Waals surface area contributed by atoms with Gasteiger partial charge >= 0.3 is 0 Å². The van der Waals surface area contributed by atoms with Crippen LogP contribution in [0.15, 0.2) is 30.3 Å². The van der Waals surface area contributed by atoms with E-state index in [-0.39, 0.29) is 0 Å². The van der Waals surface area contributed by atoms with Crippen molar-refractivity contribution in [3.8, 4) is 0 Å². The molecule has 5 heteroatoms. The fraction of sp³-hybridized carbons (Fsp3) is 0.647. The van der Waals surface area contributed by atoms with Gasteiger partial charge in [-0.3, -0.25) is 0 Å². The average Bonchev–Trinajstić information content (AvgIpc) is 2.31. The maximum Gasteiger partial charge on any atom is 0.0791 e. The topological polar surface area (TPSA) is 0 Å². The molecule has 0 saturated carbocycles. The van der Waals surface area contributed by atoms with E-state index in [4.69, 9.17) is 0 Å². The van der Waals surface area contributed by atoms with Crippen molar-refractivity contribution in [3.63, 3.8) is 0 Å². The Morgan fingerprint density at radius 1 is 0.773 bits per heavy atom. The predicted molar refractivity (Wildman–Crippen MR) is 125 cm³/mol. The van der Waals surface area contributed by atoms with E-state index in [1.54, 1.807) is 5.19 Å². The molecule has 1 rings (SSSR count). The van der Waals surface area contributed by atoms with Gasteiger partial charge in [-0.1, -0.05) is 117 Å². The third-order valence-corrected chi connectivity index (χ3v) is 42.1. The van der Waals surface area contributed by atoms with E-state index in [2.05, 4.69) is 112 Å². The van der Waals surface area contributed by atoms with Crippen molar-refractivity contribution >= 4 is 60.8 Å². The van der Waals surface area contributed by atoms with Gasteiger partial charge in [0.2, 0.25) is 0 Å². The second kappa shape index (κ2) is 6.98. The van der Waals surface area contributed by atoms with Crippen LogP contribution in [0.2, 0.25) is 62.8 Å². The van der Waals surface area contributed by atoms with E-state index in [0.29, 0.717) is 0 Å². The highest BCUT2D eigenvalue weighted by atomic mass is 127. The molecule has 0 fully saturated rings. The van der Waals surface area contributed by atoms with Crippen LogP contribution < -0.4 is 5.19 Å². The molecule has 0 bridgehead atoms. The van der Waals surface area contributed by atoms with E-state index in [9.17, 15) is 0 Å². The maximum absolute atomic E-state index is 2.73. The lowest BCUT2D eigenvalue weighted by Crippen LogP contribution is -2.75. The van der Waals surface area contributed by atoms with Gasteiger partial charge in [-0.15, -0.1) is 0 Å². The molecule has 1 aromatic carbocycles. The van der Waals surface area contributed by atoms with Crippen LogP contribution in [0.25, 0.3) is 0 Å². The normalized spacial score (nSPS) is 15.7. The first-order chi connectivity index (χ1) is 9.80. The van der Waals surface area contributed by atoms with Crippen molar-refractivity contribution in [1.29, 1.82) is 0 Å². The van der Waals surface area contributed by atoms with Crippen LogP contribution in [0, 0.1) is 0 Å². The second-order valence-corrected chi connectivity index (χ2v) is 34.4. The number of rotatable bonds is 6. The number of benzene rings is 1. The Morgan fingerprint density at radius 2 is 1.14 bits per heavy atom. The molecule has 0 spiro atoms. The highest BCUT2D eigenvalue weighted by molar-refractivity contribution is 14.1. The average molecular weight is 479 g/mol. The lowest BCUT2D eigenvalue weighted by molar-refractivity contribution is 1.21. The van der Waals surface area contributed by atoms with Gasteiger partial charge in [0, 0.05) is 24.2 Å². The third-order valence-electron chi connectivity index (χ3n) is 5.43. The highest BCUT2D eigenvalue weighted by Crippen LogP contribution is 2.55. The standard InChI is InChI=1S/C17H35ISi4/c1-20(2,3)17(21(4,5)6,22(7,8)9)19(15-18)16-13-11-10-12-14-16/h10-14,19H,15H2,1-9H3. The van der Waals surface area contributed by atoms with Crippen LogP contribution in [0.5, 0.6) is 0 Å². The van der Waals surface area contributed by atoms with Gasteiger partial charge in [0.05, 0.1) is 8.80 Å². The number of hydrogen-bond acceptors (Lipinski definition) is 0. The summed E-state index contributed by atoms with van der Waals surface area (Å²) < 4.78 is 2.12. The molecule has 0 nitrogen and oxygen atoms in total. The first kappa shape index (κ1) is 20.9. The zero-order valence-electron chi connectivity index (χ0n) is 16.0. The molecule has 0 aliphatic heterocycles. The van der Waals surface area contributed by atoms with Gasteiger partial charge in [0.15, 0.2) is 0 Å². The lowest BCUT2D eigenvalue weighted by atomic mass is 10.4. The SMILES string of the molecule is C[Si](C)(C)C([SiH](CI)c1ccccc1)([Si](C)(C)C)[Si](C)(C)C. The monoisotopic (exact) mass is 478 g/mol. The van der Waals surface area contributed by atoms with Crippen LogP contribution in [0.3, 0.4) is 0 Å². The fourth-order valence-electron chi connectivity index (χ4n) is 6.08. The largest absolute Gasteiger partial charge is 0.0897 e. The maximum atomic E-state index is 2.73. The van der Waals surface area contributed by atoms with E-state index < -0.39 is 33.0 Å². The van der Waals surface area contributed by atoms with Crippen LogP contribution >= 0.6 is 22.6 Å². The lowest BCUT2D eigenvalue weighted by Gasteiger charge is -2.62. The van der Waals surface area contributed by atoms with Gasteiger partial charge in [-0.2, -0.15) is 0 Å².